The van der Waals surface area contributed by atoms with Crippen LogP contribution in [0.3, 0.4) is 0 Å². The molecular formula is C12H16N4O2. The number of nitrogens with zero attached hydrogens (tertiary/aromatic N) is 3. The summed E-state index contributed by atoms with van der Waals surface area (Å²) in [7, 11) is 0. The molecule has 0 saturated carbocycles. The van der Waals surface area contributed by atoms with E-state index in [0.717, 1.165) is 19.0 Å². The smallest absolute Gasteiger partial charge is 0.289 e. The van der Waals surface area contributed by atoms with Gasteiger partial charge in [-0.05, 0) is 5.92 Å². The van der Waals surface area contributed by atoms with Crippen molar-refractivity contribution in [1.82, 2.24) is 4.98 Å². The van der Waals surface area contributed by atoms with E-state index in [1.807, 2.05) is 6.07 Å². The van der Waals surface area contributed by atoms with E-state index in [1.54, 1.807) is 0 Å². The number of rotatable bonds is 6. The van der Waals surface area contributed by atoms with Crippen LogP contribution < -0.4 is 5.32 Å². The number of hydrogen-bond acceptors (Lipinski definition) is 5. The molecule has 0 radical (unpaired) electrons. The van der Waals surface area contributed by atoms with Crippen molar-refractivity contribution in [3.63, 3.8) is 0 Å². The Hall–Kier alpha value is -2.16. The molecule has 1 N–H and O–H groups in total. The quantitative estimate of drug-likeness (QED) is 0.617. The van der Waals surface area contributed by atoms with Crippen LogP contribution in [0.5, 0.6) is 0 Å². The first-order valence-electron chi connectivity index (χ1n) is 5.90. The second-order valence-electron chi connectivity index (χ2n) is 4.02. The molecule has 0 atom stereocenters. The van der Waals surface area contributed by atoms with Gasteiger partial charge in [-0.15, -0.1) is 0 Å². The fourth-order valence-corrected chi connectivity index (χ4v) is 1.60. The number of nitriles is 1. The van der Waals surface area contributed by atoms with Crippen LogP contribution in [-0.4, -0.2) is 16.5 Å². The molecule has 6 heteroatoms. The molecule has 0 fully saturated rings. The van der Waals surface area contributed by atoms with Crippen molar-refractivity contribution >= 4 is 11.5 Å². The third kappa shape index (κ3) is 3.42. The molecule has 0 aliphatic rings. The molecule has 0 aliphatic carbocycles. The van der Waals surface area contributed by atoms with E-state index in [2.05, 4.69) is 24.1 Å². The summed E-state index contributed by atoms with van der Waals surface area (Å²) in [6, 6.07) is 3.16. The highest BCUT2D eigenvalue weighted by atomic mass is 16.6. The topological polar surface area (TPSA) is 91.8 Å². The first-order chi connectivity index (χ1) is 8.62. The minimum atomic E-state index is -0.557. The second kappa shape index (κ2) is 6.55. The minimum Gasteiger partial charge on any atom is -0.369 e. The van der Waals surface area contributed by atoms with Crippen molar-refractivity contribution in [2.45, 2.75) is 26.7 Å². The van der Waals surface area contributed by atoms with Crippen LogP contribution in [0.25, 0.3) is 0 Å². The van der Waals surface area contributed by atoms with Gasteiger partial charge >= 0.3 is 0 Å². The van der Waals surface area contributed by atoms with Crippen LogP contribution in [-0.2, 0) is 0 Å². The lowest BCUT2D eigenvalue weighted by Crippen LogP contribution is -2.14. The van der Waals surface area contributed by atoms with E-state index >= 15 is 0 Å². The molecule has 0 unspecified atom stereocenters. The molecule has 18 heavy (non-hydrogen) atoms. The predicted octanol–water partition coefficient (Wildman–Crippen LogP) is 2.71. The van der Waals surface area contributed by atoms with E-state index in [0.29, 0.717) is 18.3 Å². The van der Waals surface area contributed by atoms with Gasteiger partial charge in [0.1, 0.15) is 23.6 Å². The molecule has 0 spiro atoms. The SMILES string of the molecule is CCC(CC)CNc1ncc([N+](=O)[O-])cc1C#N. The fourth-order valence-electron chi connectivity index (χ4n) is 1.60. The first-order valence-corrected chi connectivity index (χ1v) is 5.90. The van der Waals surface area contributed by atoms with Gasteiger partial charge in [-0.25, -0.2) is 4.98 Å². The van der Waals surface area contributed by atoms with Gasteiger partial charge in [-0.2, -0.15) is 5.26 Å². The summed E-state index contributed by atoms with van der Waals surface area (Å²) in [4.78, 5) is 14.0. The van der Waals surface area contributed by atoms with Gasteiger partial charge in [0.25, 0.3) is 5.69 Å². The standard InChI is InChI=1S/C12H16N4O2/c1-3-9(4-2)7-14-12-10(6-13)5-11(8-15-12)16(17)18/h5,8-9H,3-4,7H2,1-2H3,(H,14,15). The van der Waals surface area contributed by atoms with Crippen molar-refractivity contribution in [1.29, 1.82) is 5.26 Å². The second-order valence-corrected chi connectivity index (χ2v) is 4.02. The fraction of sp³-hybridized carbons (Fsp3) is 0.500. The molecular weight excluding hydrogens is 232 g/mol. The van der Waals surface area contributed by atoms with Crippen LogP contribution in [0.15, 0.2) is 12.3 Å². The molecule has 96 valence electrons. The highest BCUT2D eigenvalue weighted by Gasteiger charge is 2.12. The number of pyridine rings is 1. The summed E-state index contributed by atoms with van der Waals surface area (Å²) in [5.74, 6) is 0.920. The Morgan fingerprint density at radius 1 is 1.56 bits per heavy atom. The van der Waals surface area contributed by atoms with E-state index in [4.69, 9.17) is 5.26 Å². The van der Waals surface area contributed by atoms with Gasteiger partial charge in [-0.1, -0.05) is 26.7 Å². The molecule has 6 nitrogen and oxygen atoms in total. The lowest BCUT2D eigenvalue weighted by atomic mass is 10.0. The number of hydrogen-bond donors (Lipinski definition) is 1. The minimum absolute atomic E-state index is 0.167. The average molecular weight is 248 g/mol. The van der Waals surface area contributed by atoms with Gasteiger partial charge in [0.2, 0.25) is 0 Å². The van der Waals surface area contributed by atoms with Crippen molar-refractivity contribution < 1.29 is 4.92 Å². The van der Waals surface area contributed by atoms with Crippen LogP contribution in [0.2, 0.25) is 0 Å². The van der Waals surface area contributed by atoms with Crippen molar-refractivity contribution in [3.8, 4) is 6.07 Å². The van der Waals surface area contributed by atoms with Crippen molar-refractivity contribution in [2.24, 2.45) is 5.92 Å². The largest absolute Gasteiger partial charge is 0.369 e. The summed E-state index contributed by atoms with van der Waals surface area (Å²) in [5.41, 5.74) is 0.0368. The molecule has 0 aliphatic heterocycles. The van der Waals surface area contributed by atoms with Gasteiger partial charge in [0, 0.05) is 12.6 Å². The van der Waals surface area contributed by atoms with E-state index in [1.165, 1.54) is 6.07 Å². The molecule has 1 rings (SSSR count). The number of anilines is 1. The van der Waals surface area contributed by atoms with Crippen LogP contribution >= 0.6 is 0 Å². The summed E-state index contributed by atoms with van der Waals surface area (Å²) in [6.07, 6.45) is 3.24. The molecule has 0 aromatic carbocycles. The normalized spacial score (nSPS) is 10.1. The lowest BCUT2D eigenvalue weighted by molar-refractivity contribution is -0.385. The Morgan fingerprint density at radius 2 is 2.22 bits per heavy atom. The van der Waals surface area contributed by atoms with Crippen LogP contribution in [0.1, 0.15) is 32.3 Å². The Bertz CT molecular complexity index is 464. The zero-order chi connectivity index (χ0) is 13.5. The number of nitrogens with one attached hydrogen (secondary N) is 1. The maximum Gasteiger partial charge on any atom is 0.289 e. The Kier molecular flexibility index (Phi) is 5.06. The number of aromatic nitrogens is 1. The lowest BCUT2D eigenvalue weighted by Gasteiger charge is -2.14. The van der Waals surface area contributed by atoms with Crippen LogP contribution in [0, 0.1) is 27.4 Å². The van der Waals surface area contributed by atoms with Gasteiger partial charge in [0.15, 0.2) is 0 Å². The highest BCUT2D eigenvalue weighted by Crippen LogP contribution is 2.19. The van der Waals surface area contributed by atoms with Gasteiger partial charge in [0.05, 0.1) is 4.92 Å². The molecule has 1 heterocycles. The van der Waals surface area contributed by atoms with E-state index in [9.17, 15) is 10.1 Å². The predicted molar refractivity (Wildman–Crippen MR) is 68.2 cm³/mol. The summed E-state index contributed by atoms with van der Waals surface area (Å²) in [5, 5.41) is 22.6. The van der Waals surface area contributed by atoms with E-state index < -0.39 is 4.92 Å². The zero-order valence-electron chi connectivity index (χ0n) is 10.5. The molecule has 1 aromatic heterocycles. The monoisotopic (exact) mass is 248 g/mol. The Morgan fingerprint density at radius 3 is 2.72 bits per heavy atom. The highest BCUT2D eigenvalue weighted by molar-refractivity contribution is 5.55. The molecule has 0 amide bonds. The number of nitro groups is 1. The zero-order valence-corrected chi connectivity index (χ0v) is 10.5. The summed E-state index contributed by atoms with van der Waals surface area (Å²) < 4.78 is 0. The summed E-state index contributed by atoms with van der Waals surface area (Å²) >= 11 is 0. The molecule has 0 saturated heterocycles. The first kappa shape index (κ1) is 13.9. The summed E-state index contributed by atoms with van der Waals surface area (Å²) in [6.45, 7) is 4.92. The molecule has 1 aromatic rings. The van der Waals surface area contributed by atoms with Crippen molar-refractivity contribution in [2.75, 3.05) is 11.9 Å². The Balaban J connectivity index is 2.84. The third-order valence-electron chi connectivity index (χ3n) is 2.92. The maximum atomic E-state index is 10.6. The van der Waals surface area contributed by atoms with Gasteiger partial charge in [-0.3, -0.25) is 10.1 Å². The average Bonchev–Trinajstić information content (AvgIpc) is 2.39. The van der Waals surface area contributed by atoms with Crippen LogP contribution in [0.4, 0.5) is 11.5 Å². The maximum absolute atomic E-state index is 10.6. The Labute approximate surface area is 106 Å². The van der Waals surface area contributed by atoms with Gasteiger partial charge < -0.3 is 5.32 Å². The van der Waals surface area contributed by atoms with Crippen molar-refractivity contribution in [3.05, 3.63) is 27.9 Å². The third-order valence-corrected chi connectivity index (χ3v) is 2.92. The van der Waals surface area contributed by atoms with E-state index in [-0.39, 0.29) is 11.3 Å². The molecule has 0 bridgehead atoms.